The second-order valence-corrected chi connectivity index (χ2v) is 6.84. The van der Waals surface area contributed by atoms with E-state index in [0.717, 1.165) is 14.7 Å². The highest BCUT2D eigenvalue weighted by Crippen LogP contribution is 2.39. The van der Waals surface area contributed by atoms with Crippen LogP contribution in [0.15, 0.2) is 63.8 Å². The topological polar surface area (TPSA) is 46.5 Å². The fourth-order valence-electron chi connectivity index (χ4n) is 2.21. The zero-order valence-electron chi connectivity index (χ0n) is 12.7. The van der Waals surface area contributed by atoms with Gasteiger partial charge in [-0.3, -0.25) is 0 Å². The number of halogens is 1. The van der Waals surface area contributed by atoms with Crippen LogP contribution in [0.1, 0.15) is 31.9 Å². The molecule has 0 bridgehead atoms. The Morgan fingerprint density at radius 2 is 2.05 bits per heavy atom. The summed E-state index contributed by atoms with van der Waals surface area (Å²) in [7, 11) is 0. The molecule has 2 rings (SSSR count). The Kier molecular flexibility index (Phi) is 5.24. The van der Waals surface area contributed by atoms with E-state index in [1.165, 1.54) is 0 Å². The largest absolute Gasteiger partial charge is 0.449 e. The highest BCUT2D eigenvalue weighted by atomic mass is 127. The van der Waals surface area contributed by atoms with Crippen LogP contribution < -0.4 is 0 Å². The minimum atomic E-state index is -0.959. The number of cyclic esters (lactones) is 1. The molecule has 0 fully saturated rings. The first-order valence-corrected chi connectivity index (χ1v) is 8.12. The first kappa shape index (κ1) is 17.0. The van der Waals surface area contributed by atoms with Gasteiger partial charge in [-0.25, -0.2) is 4.79 Å². The Hall–Kier alpha value is -1.40. The molecule has 0 saturated heterocycles. The Morgan fingerprint density at radius 3 is 2.59 bits per heavy atom. The summed E-state index contributed by atoms with van der Waals surface area (Å²) in [6.07, 6.45) is 3.55. The van der Waals surface area contributed by atoms with E-state index in [9.17, 15) is 9.90 Å². The van der Waals surface area contributed by atoms with Gasteiger partial charge >= 0.3 is 5.97 Å². The Labute approximate surface area is 144 Å². The highest BCUT2D eigenvalue weighted by Gasteiger charge is 2.34. The number of allylic oxidation sites excluding steroid dienone is 1. The van der Waals surface area contributed by atoms with Crippen LogP contribution in [0, 0.1) is 0 Å². The van der Waals surface area contributed by atoms with Crippen molar-refractivity contribution in [1.29, 1.82) is 0 Å². The molecule has 1 aromatic rings. The summed E-state index contributed by atoms with van der Waals surface area (Å²) in [5.41, 5.74) is 1.35. The lowest BCUT2D eigenvalue weighted by molar-refractivity contribution is -0.140. The van der Waals surface area contributed by atoms with Crippen LogP contribution in [0.5, 0.6) is 0 Å². The number of aliphatic hydroxyl groups is 1. The van der Waals surface area contributed by atoms with Crippen molar-refractivity contribution in [2.75, 3.05) is 0 Å². The second kappa shape index (κ2) is 6.79. The van der Waals surface area contributed by atoms with Gasteiger partial charge in [-0.1, -0.05) is 36.4 Å². The molecule has 22 heavy (non-hydrogen) atoms. The molecular weight excluding hydrogens is 391 g/mol. The molecule has 1 aliphatic heterocycles. The fourth-order valence-corrected chi connectivity index (χ4v) is 2.55. The summed E-state index contributed by atoms with van der Waals surface area (Å²) in [6.45, 7) is 7.14. The van der Waals surface area contributed by atoms with E-state index in [1.807, 2.05) is 36.4 Å². The van der Waals surface area contributed by atoms with Gasteiger partial charge in [0.25, 0.3) is 0 Å². The smallest absolute Gasteiger partial charge is 0.335 e. The SMILES string of the molecule is C=CCC1=C(/C=C(\I)C(C)(C)O)C(c2ccccc2)OC1=O. The van der Waals surface area contributed by atoms with Gasteiger partial charge in [-0.2, -0.15) is 0 Å². The second-order valence-electron chi connectivity index (χ2n) is 5.67. The van der Waals surface area contributed by atoms with Gasteiger partial charge in [-0.15, -0.1) is 6.58 Å². The number of ether oxygens (including phenoxy) is 1. The van der Waals surface area contributed by atoms with Gasteiger partial charge in [0.1, 0.15) is 0 Å². The van der Waals surface area contributed by atoms with E-state index >= 15 is 0 Å². The summed E-state index contributed by atoms with van der Waals surface area (Å²) < 4.78 is 6.30. The normalized spacial score (nSPS) is 19.4. The van der Waals surface area contributed by atoms with E-state index < -0.39 is 11.7 Å². The molecule has 1 unspecified atom stereocenters. The molecular formula is C18H19IO3. The van der Waals surface area contributed by atoms with E-state index in [4.69, 9.17) is 4.74 Å². The van der Waals surface area contributed by atoms with Gasteiger partial charge in [0, 0.05) is 14.7 Å². The van der Waals surface area contributed by atoms with Crippen molar-refractivity contribution in [2.24, 2.45) is 0 Å². The molecule has 0 amide bonds. The molecule has 0 aromatic heterocycles. The number of benzene rings is 1. The summed E-state index contributed by atoms with van der Waals surface area (Å²) in [4.78, 5) is 12.2. The monoisotopic (exact) mass is 410 g/mol. The number of rotatable bonds is 5. The predicted octanol–water partition coefficient (Wildman–Crippen LogP) is 4.25. The lowest BCUT2D eigenvalue weighted by Crippen LogP contribution is -2.18. The van der Waals surface area contributed by atoms with Crippen LogP contribution in [0.2, 0.25) is 0 Å². The zero-order chi connectivity index (χ0) is 16.3. The molecule has 1 heterocycles. The molecule has 3 nitrogen and oxygen atoms in total. The third-order valence-corrected chi connectivity index (χ3v) is 5.05. The maximum atomic E-state index is 12.2. The number of hydrogen-bond donors (Lipinski definition) is 1. The number of carbonyl (C=O) groups is 1. The molecule has 0 radical (unpaired) electrons. The number of carbonyl (C=O) groups excluding carboxylic acids is 1. The highest BCUT2D eigenvalue weighted by molar-refractivity contribution is 14.1. The van der Waals surface area contributed by atoms with E-state index in [-0.39, 0.29) is 5.97 Å². The Morgan fingerprint density at radius 1 is 1.41 bits per heavy atom. The van der Waals surface area contributed by atoms with Crippen molar-refractivity contribution in [3.8, 4) is 0 Å². The number of esters is 1. The Balaban J connectivity index is 2.52. The van der Waals surface area contributed by atoms with Gasteiger partial charge in [0.05, 0.1) is 5.60 Å². The predicted molar refractivity (Wildman–Crippen MR) is 95.5 cm³/mol. The fraction of sp³-hybridized carbons (Fsp3) is 0.278. The molecule has 1 aliphatic rings. The van der Waals surface area contributed by atoms with Crippen LogP contribution in [0.3, 0.4) is 0 Å². The molecule has 116 valence electrons. The molecule has 1 N–H and O–H groups in total. The van der Waals surface area contributed by atoms with Crippen LogP contribution in [-0.2, 0) is 9.53 Å². The van der Waals surface area contributed by atoms with Gasteiger partial charge in [0.15, 0.2) is 6.10 Å². The van der Waals surface area contributed by atoms with Crippen molar-refractivity contribution in [3.63, 3.8) is 0 Å². The zero-order valence-corrected chi connectivity index (χ0v) is 14.8. The van der Waals surface area contributed by atoms with Crippen molar-refractivity contribution < 1.29 is 14.6 Å². The quantitative estimate of drug-likeness (QED) is 0.449. The van der Waals surface area contributed by atoms with Gasteiger partial charge < -0.3 is 9.84 Å². The van der Waals surface area contributed by atoms with Crippen LogP contribution in [0.4, 0.5) is 0 Å². The maximum Gasteiger partial charge on any atom is 0.335 e. The van der Waals surface area contributed by atoms with E-state index in [2.05, 4.69) is 29.2 Å². The summed E-state index contributed by atoms with van der Waals surface area (Å²) in [5, 5.41) is 10.1. The first-order chi connectivity index (χ1) is 10.3. The standard InChI is InChI=1S/C18H19IO3/c1-4-8-13-14(11-15(19)18(2,3)21)16(22-17(13)20)12-9-6-5-7-10-12/h4-7,9-11,16,21H,1,8H2,2-3H3/b15-11-. The minimum Gasteiger partial charge on any atom is -0.449 e. The van der Waals surface area contributed by atoms with Crippen molar-refractivity contribution in [1.82, 2.24) is 0 Å². The summed E-state index contributed by atoms with van der Waals surface area (Å²) >= 11 is 2.10. The third kappa shape index (κ3) is 3.67. The third-order valence-electron chi connectivity index (χ3n) is 3.42. The van der Waals surface area contributed by atoms with Crippen molar-refractivity contribution >= 4 is 28.6 Å². The van der Waals surface area contributed by atoms with Crippen molar-refractivity contribution in [3.05, 3.63) is 69.4 Å². The molecule has 0 spiro atoms. The molecule has 4 heteroatoms. The Bertz CT molecular complexity index is 636. The van der Waals surface area contributed by atoms with Gasteiger partial charge in [-0.05, 0) is 54.5 Å². The lowest BCUT2D eigenvalue weighted by atomic mass is 9.95. The first-order valence-electron chi connectivity index (χ1n) is 7.04. The molecule has 0 saturated carbocycles. The maximum absolute atomic E-state index is 12.2. The average molecular weight is 410 g/mol. The lowest BCUT2D eigenvalue weighted by Gasteiger charge is -2.18. The molecule has 0 aliphatic carbocycles. The summed E-state index contributed by atoms with van der Waals surface area (Å²) in [5.74, 6) is -0.319. The molecule has 1 atom stereocenters. The van der Waals surface area contributed by atoms with Crippen molar-refractivity contribution in [2.45, 2.75) is 32.0 Å². The van der Waals surface area contributed by atoms with Crippen LogP contribution in [0.25, 0.3) is 0 Å². The van der Waals surface area contributed by atoms with E-state index in [1.54, 1.807) is 19.9 Å². The minimum absolute atomic E-state index is 0.319. The summed E-state index contributed by atoms with van der Waals surface area (Å²) in [6, 6.07) is 9.61. The molecule has 1 aromatic carbocycles. The van der Waals surface area contributed by atoms with E-state index in [0.29, 0.717) is 12.0 Å². The van der Waals surface area contributed by atoms with Crippen LogP contribution >= 0.6 is 22.6 Å². The van der Waals surface area contributed by atoms with Gasteiger partial charge in [0.2, 0.25) is 0 Å². The van der Waals surface area contributed by atoms with Crippen LogP contribution in [-0.4, -0.2) is 16.7 Å². The number of hydrogen-bond acceptors (Lipinski definition) is 3. The average Bonchev–Trinajstić information content (AvgIpc) is 2.77.